The molecule has 132 valence electrons. The van der Waals surface area contributed by atoms with E-state index in [9.17, 15) is 4.79 Å². The lowest BCUT2D eigenvalue weighted by Crippen LogP contribution is -2.45. The Labute approximate surface area is 148 Å². The lowest BCUT2D eigenvalue weighted by Gasteiger charge is -2.28. The van der Waals surface area contributed by atoms with Gasteiger partial charge in [-0.25, -0.2) is 9.78 Å². The van der Waals surface area contributed by atoms with E-state index in [1.807, 2.05) is 30.1 Å². The molecule has 1 aromatic carbocycles. The van der Waals surface area contributed by atoms with Crippen LogP contribution in [0, 0.1) is 0 Å². The van der Waals surface area contributed by atoms with Crippen LogP contribution in [0.3, 0.4) is 0 Å². The number of hydrogen-bond donors (Lipinski definition) is 1. The Morgan fingerprint density at radius 1 is 1.28 bits per heavy atom. The van der Waals surface area contributed by atoms with Gasteiger partial charge in [0.2, 0.25) is 0 Å². The topological polar surface area (TPSA) is 63.1 Å². The number of carbonyl (C=O) groups excluding carboxylic acids is 1. The third-order valence-electron chi connectivity index (χ3n) is 4.42. The van der Waals surface area contributed by atoms with E-state index >= 15 is 0 Å². The van der Waals surface area contributed by atoms with Gasteiger partial charge >= 0.3 is 6.03 Å². The molecule has 0 aliphatic carbocycles. The van der Waals surface area contributed by atoms with Crippen LogP contribution in [0.2, 0.25) is 0 Å². The van der Waals surface area contributed by atoms with Crippen LogP contribution in [0.4, 0.5) is 4.79 Å². The summed E-state index contributed by atoms with van der Waals surface area (Å²) in [6.07, 6.45) is 10.3. The Balaban J connectivity index is 1.64. The summed E-state index contributed by atoms with van der Waals surface area (Å²) >= 11 is 0. The Morgan fingerprint density at radius 3 is 2.88 bits per heavy atom. The van der Waals surface area contributed by atoms with Crippen LogP contribution in [-0.4, -0.2) is 38.3 Å². The third-order valence-corrected chi connectivity index (χ3v) is 4.42. The van der Waals surface area contributed by atoms with E-state index in [1.54, 1.807) is 11.0 Å². The highest BCUT2D eigenvalue weighted by Crippen LogP contribution is 2.19. The molecule has 0 bridgehead atoms. The zero-order chi connectivity index (χ0) is 17.5. The largest absolute Gasteiger partial charge is 0.331 e. The first kappa shape index (κ1) is 17.2. The normalized spacial score (nSPS) is 18.3. The standard InChI is InChI=1S/C19H25N5O/c1-23-15-21-18(22-23)14-20-19(25)24-13-7-3-6-10-17(24)12-11-16-8-4-2-5-9-16/h2,4-5,8-9,11-12,15,17H,3,6-7,10,13-14H2,1H3,(H,20,25)/b12-11+/t17-/m1/s1. The molecule has 3 rings (SSSR count). The molecule has 1 aromatic heterocycles. The fourth-order valence-electron chi connectivity index (χ4n) is 3.09. The molecule has 2 heterocycles. The number of aryl methyl sites for hydroxylation is 1. The van der Waals surface area contributed by atoms with Crippen LogP contribution in [0.1, 0.15) is 37.1 Å². The average molecular weight is 339 g/mol. The molecule has 6 nitrogen and oxygen atoms in total. The van der Waals surface area contributed by atoms with Crippen molar-refractivity contribution in [2.24, 2.45) is 7.05 Å². The van der Waals surface area contributed by atoms with Gasteiger partial charge in [-0.2, -0.15) is 5.10 Å². The molecule has 0 radical (unpaired) electrons. The molecule has 2 aromatic rings. The molecule has 6 heteroatoms. The number of urea groups is 1. The number of aromatic nitrogens is 3. The summed E-state index contributed by atoms with van der Waals surface area (Å²) in [6.45, 7) is 1.14. The highest BCUT2D eigenvalue weighted by molar-refractivity contribution is 5.75. The van der Waals surface area contributed by atoms with E-state index in [0.717, 1.165) is 31.4 Å². The van der Waals surface area contributed by atoms with Crippen molar-refractivity contribution < 1.29 is 4.79 Å². The smallest absolute Gasteiger partial charge is 0.318 e. The summed E-state index contributed by atoms with van der Waals surface area (Å²) in [4.78, 5) is 18.8. The minimum Gasteiger partial charge on any atom is -0.331 e. The quantitative estimate of drug-likeness (QED) is 0.931. The van der Waals surface area contributed by atoms with Gasteiger partial charge in [0.25, 0.3) is 0 Å². The van der Waals surface area contributed by atoms with E-state index in [0.29, 0.717) is 12.4 Å². The zero-order valence-electron chi connectivity index (χ0n) is 14.6. The second-order valence-electron chi connectivity index (χ2n) is 6.37. The highest BCUT2D eigenvalue weighted by atomic mass is 16.2. The second kappa shape index (κ2) is 8.46. The first-order chi connectivity index (χ1) is 12.2. The van der Waals surface area contributed by atoms with Crippen molar-refractivity contribution in [3.8, 4) is 0 Å². The van der Waals surface area contributed by atoms with Crippen molar-refractivity contribution in [2.45, 2.75) is 38.3 Å². The first-order valence-electron chi connectivity index (χ1n) is 8.84. The van der Waals surface area contributed by atoms with E-state index < -0.39 is 0 Å². The van der Waals surface area contributed by atoms with Crippen molar-refractivity contribution in [2.75, 3.05) is 6.54 Å². The number of rotatable bonds is 4. The predicted octanol–water partition coefficient (Wildman–Crippen LogP) is 2.98. The van der Waals surface area contributed by atoms with Crippen molar-refractivity contribution >= 4 is 12.1 Å². The third kappa shape index (κ3) is 4.92. The van der Waals surface area contributed by atoms with Crippen molar-refractivity contribution in [1.29, 1.82) is 0 Å². The molecule has 1 aliphatic heterocycles. The van der Waals surface area contributed by atoms with Crippen LogP contribution >= 0.6 is 0 Å². The zero-order valence-corrected chi connectivity index (χ0v) is 14.6. The lowest BCUT2D eigenvalue weighted by atomic mass is 10.1. The van der Waals surface area contributed by atoms with Crippen LogP contribution in [0.25, 0.3) is 6.08 Å². The SMILES string of the molecule is Cn1cnc(CNC(=O)N2CCCCC[C@@H]2/C=C/c2ccccc2)n1. The summed E-state index contributed by atoms with van der Waals surface area (Å²) in [6, 6.07) is 10.3. The average Bonchev–Trinajstić information content (AvgIpc) is 2.91. The second-order valence-corrected chi connectivity index (χ2v) is 6.37. The Bertz CT molecular complexity index is 710. The van der Waals surface area contributed by atoms with E-state index in [-0.39, 0.29) is 12.1 Å². The minimum absolute atomic E-state index is 0.0444. The number of carbonyl (C=O) groups is 1. The van der Waals surface area contributed by atoms with Crippen LogP contribution in [-0.2, 0) is 13.6 Å². The van der Waals surface area contributed by atoms with Crippen LogP contribution in [0.5, 0.6) is 0 Å². The maximum atomic E-state index is 12.7. The maximum Gasteiger partial charge on any atom is 0.318 e. The molecule has 1 saturated heterocycles. The van der Waals surface area contributed by atoms with Crippen LogP contribution < -0.4 is 5.32 Å². The van der Waals surface area contributed by atoms with E-state index in [2.05, 4.69) is 39.7 Å². The number of hydrogen-bond acceptors (Lipinski definition) is 3. The molecule has 2 amide bonds. The molecule has 0 spiro atoms. The minimum atomic E-state index is -0.0444. The van der Waals surface area contributed by atoms with Gasteiger partial charge in [-0.3, -0.25) is 4.68 Å². The summed E-state index contributed by atoms with van der Waals surface area (Å²) in [7, 11) is 1.82. The van der Waals surface area contributed by atoms with Gasteiger partial charge in [-0.15, -0.1) is 0 Å². The predicted molar refractivity (Wildman–Crippen MR) is 97.7 cm³/mol. The number of nitrogens with zero attached hydrogens (tertiary/aromatic N) is 4. The highest BCUT2D eigenvalue weighted by Gasteiger charge is 2.23. The lowest BCUT2D eigenvalue weighted by molar-refractivity contribution is 0.186. The van der Waals surface area contributed by atoms with Gasteiger partial charge < -0.3 is 10.2 Å². The Hall–Kier alpha value is -2.63. The first-order valence-corrected chi connectivity index (χ1v) is 8.84. The molecule has 1 aliphatic rings. The number of amides is 2. The van der Waals surface area contributed by atoms with Gasteiger partial charge in [0.15, 0.2) is 5.82 Å². The summed E-state index contributed by atoms with van der Waals surface area (Å²) < 4.78 is 1.64. The van der Waals surface area contributed by atoms with E-state index in [4.69, 9.17) is 0 Å². The summed E-state index contributed by atoms with van der Waals surface area (Å²) in [5, 5.41) is 7.15. The Morgan fingerprint density at radius 2 is 2.12 bits per heavy atom. The fraction of sp³-hybridized carbons (Fsp3) is 0.421. The molecule has 25 heavy (non-hydrogen) atoms. The van der Waals surface area contributed by atoms with E-state index in [1.165, 1.54) is 6.42 Å². The molecule has 0 saturated carbocycles. The van der Waals surface area contributed by atoms with Crippen molar-refractivity contribution in [1.82, 2.24) is 25.0 Å². The molecular weight excluding hydrogens is 314 g/mol. The molecule has 0 unspecified atom stereocenters. The van der Waals surface area contributed by atoms with Crippen molar-refractivity contribution in [3.63, 3.8) is 0 Å². The molecule has 1 atom stereocenters. The maximum absolute atomic E-state index is 12.7. The van der Waals surface area contributed by atoms with Gasteiger partial charge in [-0.05, 0) is 18.4 Å². The van der Waals surface area contributed by atoms with Gasteiger partial charge in [0, 0.05) is 13.6 Å². The van der Waals surface area contributed by atoms with Gasteiger partial charge in [-0.1, -0.05) is 55.3 Å². The summed E-state index contributed by atoms with van der Waals surface area (Å²) in [5.41, 5.74) is 1.16. The van der Waals surface area contributed by atoms with Crippen molar-refractivity contribution in [3.05, 3.63) is 54.1 Å². The molecular formula is C19H25N5O. The number of benzene rings is 1. The van der Waals surface area contributed by atoms with Gasteiger partial charge in [0.1, 0.15) is 6.33 Å². The Kier molecular flexibility index (Phi) is 5.82. The number of likely N-dealkylation sites (tertiary alicyclic amines) is 1. The van der Waals surface area contributed by atoms with Gasteiger partial charge in [0.05, 0.1) is 12.6 Å². The molecule has 1 fully saturated rings. The molecule has 1 N–H and O–H groups in total. The monoisotopic (exact) mass is 339 g/mol. The number of nitrogens with one attached hydrogen (secondary N) is 1. The van der Waals surface area contributed by atoms with Crippen LogP contribution in [0.15, 0.2) is 42.7 Å². The summed E-state index contributed by atoms with van der Waals surface area (Å²) in [5.74, 6) is 0.627. The fourth-order valence-corrected chi connectivity index (χ4v) is 3.09.